The van der Waals surface area contributed by atoms with E-state index in [1.165, 1.54) is 45.1 Å². The Balaban J connectivity index is -0.000000153. The third kappa shape index (κ3) is 75.6. The van der Waals surface area contributed by atoms with E-state index in [0.29, 0.717) is 44.8 Å². The van der Waals surface area contributed by atoms with Crippen LogP contribution in [0.2, 0.25) is 0 Å². The Morgan fingerprint density at radius 3 is 1.11 bits per heavy atom. The molecule has 9 N–H and O–H groups in total. The molecule has 0 aliphatic heterocycles. The maximum atomic E-state index is 10.8. The highest BCUT2D eigenvalue weighted by atomic mass is 16.6. The van der Waals surface area contributed by atoms with Crippen LogP contribution in [0.25, 0.3) is 0 Å². The van der Waals surface area contributed by atoms with Gasteiger partial charge in [-0.2, -0.15) is 0 Å². The smallest absolute Gasteiger partial charge is 0.330 e. The highest BCUT2D eigenvalue weighted by molar-refractivity contribution is 5.83. The van der Waals surface area contributed by atoms with Crippen molar-refractivity contribution >= 4 is 47.8 Å². The number of rotatable bonds is 31. The fourth-order valence-electron chi connectivity index (χ4n) is 4.26. The molecular formula is C55H92O25. The van der Waals surface area contributed by atoms with Crippen LogP contribution in [-0.2, 0) is 76.3 Å². The summed E-state index contributed by atoms with van der Waals surface area (Å²) in [6, 6.07) is 0. The van der Waals surface area contributed by atoms with Gasteiger partial charge >= 0.3 is 47.8 Å². The lowest BCUT2D eigenvalue weighted by Gasteiger charge is -2.27. The molecular weight excluding hydrogens is 1060 g/mol. The van der Waals surface area contributed by atoms with E-state index in [0.717, 1.165) is 48.5 Å². The maximum absolute atomic E-state index is 10.8. The van der Waals surface area contributed by atoms with Crippen LogP contribution in [0.3, 0.4) is 0 Å². The molecule has 0 bridgehead atoms. The van der Waals surface area contributed by atoms with Gasteiger partial charge in [0, 0.05) is 68.2 Å². The Labute approximate surface area is 470 Å². The Hall–Kier alpha value is -6.68. The zero-order valence-corrected chi connectivity index (χ0v) is 46.9. The van der Waals surface area contributed by atoms with Gasteiger partial charge in [-0.05, 0) is 50.9 Å². The number of carbonyl (C=O) groups is 8. The molecule has 0 radical (unpaired) electrons. The van der Waals surface area contributed by atoms with Crippen molar-refractivity contribution in [3.05, 3.63) is 101 Å². The molecule has 80 heavy (non-hydrogen) atoms. The minimum atomic E-state index is -0.996. The summed E-state index contributed by atoms with van der Waals surface area (Å²) in [6.07, 6.45) is 14.4. The Kier molecular flexibility index (Phi) is 74.6. The number of aliphatic hydroxyl groups excluding tert-OH is 9. The maximum Gasteiger partial charge on any atom is 0.330 e. The minimum Gasteiger partial charge on any atom is -0.463 e. The summed E-state index contributed by atoms with van der Waals surface area (Å²) in [5.41, 5.74) is 0. The van der Waals surface area contributed by atoms with Gasteiger partial charge in [0.05, 0.1) is 58.5 Å². The first-order valence-corrected chi connectivity index (χ1v) is 25.1. The molecule has 0 aromatic rings. The van der Waals surface area contributed by atoms with E-state index in [1.54, 1.807) is 0 Å². The fraction of sp³-hybridized carbons (Fsp3) is 0.564. The molecule has 0 heterocycles. The summed E-state index contributed by atoms with van der Waals surface area (Å²) in [6.45, 7) is 31.3. The molecule has 1 fully saturated rings. The van der Waals surface area contributed by atoms with E-state index in [4.69, 9.17) is 50.7 Å². The predicted molar refractivity (Wildman–Crippen MR) is 294 cm³/mol. The number of esters is 8. The molecule has 0 aromatic heterocycles. The molecule has 462 valence electrons. The number of carbonyl (C=O) groups excluding carboxylic acids is 8. The topological polar surface area (TPSA) is 392 Å². The van der Waals surface area contributed by atoms with Crippen molar-refractivity contribution in [3.63, 3.8) is 0 Å². The van der Waals surface area contributed by atoms with Gasteiger partial charge in [0.2, 0.25) is 0 Å². The minimum absolute atomic E-state index is 0.0326. The van der Waals surface area contributed by atoms with Gasteiger partial charge in [-0.1, -0.05) is 85.7 Å². The molecule has 0 saturated heterocycles. The van der Waals surface area contributed by atoms with Crippen LogP contribution in [0.15, 0.2) is 101 Å². The van der Waals surface area contributed by atoms with Crippen LogP contribution in [-0.4, -0.2) is 204 Å². The third-order valence-corrected chi connectivity index (χ3v) is 8.69. The highest BCUT2D eigenvalue weighted by Gasteiger charge is 2.20. The Bertz CT molecular complexity index is 1640. The number of unbranched alkanes of at least 4 members (excludes halogenated alkanes) is 1. The van der Waals surface area contributed by atoms with Crippen molar-refractivity contribution in [2.45, 2.75) is 103 Å². The summed E-state index contributed by atoms with van der Waals surface area (Å²) in [5, 5.41) is 75.8. The summed E-state index contributed by atoms with van der Waals surface area (Å²) in [4.78, 5) is 82.9. The molecule has 1 rings (SSSR count). The van der Waals surface area contributed by atoms with Crippen LogP contribution in [0.4, 0.5) is 0 Å². The summed E-state index contributed by atoms with van der Waals surface area (Å²) < 4.78 is 36.3. The molecule has 1 aliphatic carbocycles. The van der Waals surface area contributed by atoms with Gasteiger partial charge in [0.25, 0.3) is 0 Å². The first-order chi connectivity index (χ1) is 38.0. The van der Waals surface area contributed by atoms with Crippen molar-refractivity contribution in [2.75, 3.05) is 85.9 Å². The molecule has 1 aliphatic rings. The number of hydrogen-bond donors (Lipinski definition) is 9. The van der Waals surface area contributed by atoms with Gasteiger partial charge in [0.1, 0.15) is 38.6 Å². The molecule has 0 amide bonds. The molecule has 3 unspecified atom stereocenters. The molecule has 0 spiro atoms. The van der Waals surface area contributed by atoms with E-state index in [1.807, 2.05) is 6.92 Å². The SMILES string of the molecule is C=CC(=O)OC(CO)CO.C=CC(=O)OCC(C)O.C=CC(=O)OCC(O)CC.C=CC(=O)OCC(O)CO.C=CC(=O)OCC1CCC(CC)CC1.C=CC(=O)OCCCCO.C=CC(=O)OCCCO.C=CC(=O)OCCO. The summed E-state index contributed by atoms with van der Waals surface area (Å²) in [5.74, 6) is -2.39. The van der Waals surface area contributed by atoms with Gasteiger partial charge in [-0.3, -0.25) is 0 Å². The highest BCUT2D eigenvalue weighted by Crippen LogP contribution is 2.30. The summed E-state index contributed by atoms with van der Waals surface area (Å²) >= 11 is 0. The molecule has 1 saturated carbocycles. The van der Waals surface area contributed by atoms with Crippen molar-refractivity contribution in [3.8, 4) is 0 Å². The van der Waals surface area contributed by atoms with Crippen LogP contribution in [0.5, 0.6) is 0 Å². The molecule has 3 atom stereocenters. The lowest BCUT2D eigenvalue weighted by molar-refractivity contribution is -0.147. The van der Waals surface area contributed by atoms with Crippen molar-refractivity contribution in [1.29, 1.82) is 0 Å². The van der Waals surface area contributed by atoms with Crippen LogP contribution >= 0.6 is 0 Å². The van der Waals surface area contributed by atoms with Crippen LogP contribution in [0.1, 0.15) is 78.6 Å². The number of ether oxygens (including phenoxy) is 8. The van der Waals surface area contributed by atoms with Crippen molar-refractivity contribution in [1.82, 2.24) is 0 Å². The normalized spacial score (nSPS) is 13.2. The monoisotopic (exact) mass is 1150 g/mol. The first kappa shape index (κ1) is 87.2. The first-order valence-electron chi connectivity index (χ1n) is 25.1. The third-order valence-electron chi connectivity index (χ3n) is 8.69. The quantitative estimate of drug-likeness (QED) is 0.0207. The zero-order valence-electron chi connectivity index (χ0n) is 46.9. The fourth-order valence-corrected chi connectivity index (χ4v) is 4.26. The molecule has 0 aromatic carbocycles. The number of aliphatic hydroxyl groups is 9. The van der Waals surface area contributed by atoms with Crippen LogP contribution in [0, 0.1) is 11.8 Å². The van der Waals surface area contributed by atoms with E-state index in [-0.39, 0.29) is 72.0 Å². The van der Waals surface area contributed by atoms with Gasteiger partial charge in [-0.15, -0.1) is 0 Å². The average Bonchev–Trinajstić information content (AvgIpc) is 3.48. The van der Waals surface area contributed by atoms with Crippen molar-refractivity contribution < 1.29 is 122 Å². The molecule has 25 heteroatoms. The second-order valence-electron chi connectivity index (χ2n) is 15.4. The second kappa shape index (κ2) is 68.4. The zero-order chi connectivity index (χ0) is 63.0. The second-order valence-corrected chi connectivity index (χ2v) is 15.4. The van der Waals surface area contributed by atoms with Gasteiger partial charge in [0.15, 0.2) is 0 Å². The number of hydrogen-bond acceptors (Lipinski definition) is 25. The standard InChI is InChI=1S/C12H20O2.2C7H12O3.2C6H10O4.2C6H10O3.C5H8O3/c1-3-10-5-7-11(8-6-10)9-14-12(13)4-2;1-3-6(8)5-10-7(9)4-2;1-2-7(9)10-6-4-3-5-8;1-2-6(9)10-4-5(8)3-7;1-2-6(9)10-5(3-7)4-8;1-3-6(8)9-4-5(2)7;1-2-6(8)9-5-3-4-7;1-2-5(7)8-4-3-6/h4,10-11H,2-3,5-9H2,1H3;4,6,8H,2-3,5H2,1H3;2,8H,1,3-6H2;2*2,5,7-8H,1,3-4H2;3,5,7H,1,4H2,2H3;2,7H,1,3-5H2;2,6H,1,3-4H2. The summed E-state index contributed by atoms with van der Waals surface area (Å²) in [7, 11) is 0. The lowest BCUT2D eigenvalue weighted by atomic mass is 9.81. The lowest BCUT2D eigenvalue weighted by Crippen LogP contribution is -2.24. The van der Waals surface area contributed by atoms with Gasteiger partial charge in [-0.25, -0.2) is 38.4 Å². The van der Waals surface area contributed by atoms with E-state index in [9.17, 15) is 38.4 Å². The molecule has 25 nitrogen and oxygen atoms in total. The van der Waals surface area contributed by atoms with Crippen LogP contribution < -0.4 is 0 Å². The Morgan fingerprint density at radius 1 is 0.425 bits per heavy atom. The largest absolute Gasteiger partial charge is 0.463 e. The van der Waals surface area contributed by atoms with Gasteiger partial charge < -0.3 is 83.9 Å². The Morgan fingerprint density at radius 2 is 0.775 bits per heavy atom. The predicted octanol–water partition coefficient (Wildman–Crippen LogP) is 1.95. The van der Waals surface area contributed by atoms with E-state index >= 15 is 0 Å². The van der Waals surface area contributed by atoms with Crippen molar-refractivity contribution in [2.24, 2.45) is 11.8 Å². The average molecular weight is 1150 g/mol. The van der Waals surface area contributed by atoms with E-state index < -0.39 is 72.8 Å². The van der Waals surface area contributed by atoms with E-state index in [2.05, 4.69) is 92.7 Å².